The van der Waals surface area contributed by atoms with Gasteiger partial charge in [-0.2, -0.15) is 5.10 Å². The minimum absolute atomic E-state index is 0.0975. The van der Waals surface area contributed by atoms with E-state index >= 15 is 0 Å². The second-order valence-electron chi connectivity index (χ2n) is 6.41. The number of hydrazone groups is 1. The van der Waals surface area contributed by atoms with Crippen molar-refractivity contribution in [2.24, 2.45) is 5.10 Å². The molecule has 0 N–H and O–H groups in total. The zero-order valence-electron chi connectivity index (χ0n) is 13.7. The second-order valence-corrected chi connectivity index (χ2v) is 6.41. The largest absolute Gasteiger partial charge is 0.290 e. The molecule has 0 saturated carbocycles. The Hall–Kier alpha value is -2.46. The summed E-state index contributed by atoms with van der Waals surface area (Å²) in [6.45, 7) is 2.92. The molecule has 4 nitrogen and oxygen atoms in total. The van der Waals surface area contributed by atoms with Gasteiger partial charge in [0.2, 0.25) is 0 Å². The van der Waals surface area contributed by atoms with E-state index in [4.69, 9.17) is 0 Å². The topological polar surface area (TPSA) is 35.9 Å². The summed E-state index contributed by atoms with van der Waals surface area (Å²) in [7, 11) is 0. The molecular weight excluding hydrogens is 298 g/mol. The molecule has 2 heterocycles. The Labute approximate surface area is 142 Å². The van der Waals surface area contributed by atoms with Crippen LogP contribution in [-0.2, 0) is 17.8 Å². The van der Waals surface area contributed by atoms with Gasteiger partial charge < -0.3 is 0 Å². The summed E-state index contributed by atoms with van der Waals surface area (Å²) >= 11 is 0. The molecule has 2 aromatic carbocycles. The second kappa shape index (κ2) is 6.57. The summed E-state index contributed by atoms with van der Waals surface area (Å²) in [5, 5.41) is 6.18. The zero-order chi connectivity index (χ0) is 16.4. The van der Waals surface area contributed by atoms with Gasteiger partial charge in [-0.1, -0.05) is 54.6 Å². The normalized spacial score (nSPS) is 17.5. The van der Waals surface area contributed by atoms with Gasteiger partial charge in [0.15, 0.2) is 0 Å². The molecule has 0 atom stereocenters. The van der Waals surface area contributed by atoms with Crippen LogP contribution in [0.2, 0.25) is 0 Å². The third-order valence-electron chi connectivity index (χ3n) is 4.77. The molecule has 2 aliphatic heterocycles. The highest BCUT2D eigenvalue weighted by Crippen LogP contribution is 2.19. The van der Waals surface area contributed by atoms with Crippen LogP contribution in [-0.4, -0.2) is 41.2 Å². The van der Waals surface area contributed by atoms with Crippen molar-refractivity contribution in [1.29, 1.82) is 0 Å². The van der Waals surface area contributed by atoms with E-state index in [9.17, 15) is 4.79 Å². The highest BCUT2D eigenvalue weighted by atomic mass is 16.2. The van der Waals surface area contributed by atoms with E-state index in [2.05, 4.69) is 34.3 Å². The van der Waals surface area contributed by atoms with Crippen molar-refractivity contribution < 1.29 is 4.79 Å². The van der Waals surface area contributed by atoms with Gasteiger partial charge in [0.1, 0.15) is 0 Å². The molecule has 24 heavy (non-hydrogen) atoms. The van der Waals surface area contributed by atoms with E-state index in [0.29, 0.717) is 13.1 Å². The summed E-state index contributed by atoms with van der Waals surface area (Å²) in [4.78, 5) is 14.8. The minimum Gasteiger partial charge on any atom is -0.290 e. The number of hydrogen-bond donors (Lipinski definition) is 0. The first-order valence-electron chi connectivity index (χ1n) is 8.52. The summed E-state index contributed by atoms with van der Waals surface area (Å²) < 4.78 is 0. The third-order valence-corrected chi connectivity index (χ3v) is 4.77. The quantitative estimate of drug-likeness (QED) is 0.872. The Kier molecular flexibility index (Phi) is 4.13. The Morgan fingerprint density at radius 1 is 0.917 bits per heavy atom. The first-order chi connectivity index (χ1) is 11.8. The van der Waals surface area contributed by atoms with Crippen LogP contribution in [0.15, 0.2) is 59.7 Å². The van der Waals surface area contributed by atoms with Crippen molar-refractivity contribution in [1.82, 2.24) is 9.91 Å². The molecule has 2 aliphatic rings. The molecule has 0 spiro atoms. The Morgan fingerprint density at radius 2 is 1.67 bits per heavy atom. The van der Waals surface area contributed by atoms with E-state index in [0.717, 1.165) is 37.2 Å². The molecule has 0 bridgehead atoms. The lowest BCUT2D eigenvalue weighted by Gasteiger charge is -2.28. The molecule has 0 radical (unpaired) electrons. The average Bonchev–Trinajstić information content (AvgIpc) is 3.13. The fourth-order valence-corrected chi connectivity index (χ4v) is 3.43. The maximum atomic E-state index is 12.6. The molecule has 4 rings (SSSR count). The van der Waals surface area contributed by atoms with E-state index in [-0.39, 0.29) is 5.91 Å². The fraction of sp³-hybridized carbons (Fsp3) is 0.300. The van der Waals surface area contributed by atoms with Crippen LogP contribution in [0.3, 0.4) is 0 Å². The van der Waals surface area contributed by atoms with Crippen LogP contribution in [0.5, 0.6) is 0 Å². The van der Waals surface area contributed by atoms with Crippen molar-refractivity contribution in [3.8, 4) is 0 Å². The van der Waals surface area contributed by atoms with E-state index in [1.165, 1.54) is 11.1 Å². The molecule has 4 heteroatoms. The Balaban J connectivity index is 1.40. The van der Waals surface area contributed by atoms with Gasteiger partial charge in [0.05, 0.1) is 18.8 Å². The summed E-state index contributed by atoms with van der Waals surface area (Å²) in [6, 6.07) is 18.6. The van der Waals surface area contributed by atoms with Crippen LogP contribution >= 0.6 is 0 Å². The number of carbonyl (C=O) groups excluding carboxylic acids is 1. The molecular formula is C20H21N3O. The van der Waals surface area contributed by atoms with Gasteiger partial charge in [-0.05, 0) is 23.1 Å². The fourth-order valence-electron chi connectivity index (χ4n) is 3.43. The van der Waals surface area contributed by atoms with Crippen LogP contribution < -0.4 is 0 Å². The number of nitrogens with zero attached hydrogens (tertiary/aromatic N) is 3. The van der Waals surface area contributed by atoms with E-state index < -0.39 is 0 Å². The molecule has 0 saturated heterocycles. The predicted octanol–water partition coefficient (Wildman–Crippen LogP) is 2.68. The first kappa shape index (κ1) is 15.1. The molecule has 0 aromatic heterocycles. The van der Waals surface area contributed by atoms with Gasteiger partial charge >= 0.3 is 0 Å². The monoisotopic (exact) mass is 319 g/mol. The van der Waals surface area contributed by atoms with Gasteiger partial charge in [0, 0.05) is 19.5 Å². The molecule has 1 amide bonds. The minimum atomic E-state index is 0.0975. The maximum Gasteiger partial charge on any atom is 0.256 e. The van der Waals surface area contributed by atoms with Crippen LogP contribution in [0.1, 0.15) is 23.1 Å². The highest BCUT2D eigenvalue weighted by molar-refractivity contribution is 6.02. The predicted molar refractivity (Wildman–Crippen MR) is 94.7 cm³/mol. The number of carbonyl (C=O) groups is 1. The lowest BCUT2D eigenvalue weighted by molar-refractivity contribution is -0.132. The molecule has 0 fully saturated rings. The average molecular weight is 319 g/mol. The van der Waals surface area contributed by atoms with Crippen LogP contribution in [0.4, 0.5) is 0 Å². The summed E-state index contributed by atoms with van der Waals surface area (Å²) in [5.74, 6) is 0.0975. The van der Waals surface area contributed by atoms with Crippen LogP contribution in [0.25, 0.3) is 0 Å². The van der Waals surface area contributed by atoms with Crippen molar-refractivity contribution >= 4 is 11.6 Å². The van der Waals surface area contributed by atoms with Gasteiger partial charge in [-0.25, -0.2) is 5.01 Å². The van der Waals surface area contributed by atoms with E-state index in [1.54, 1.807) is 5.01 Å². The van der Waals surface area contributed by atoms with Crippen molar-refractivity contribution in [3.05, 3.63) is 71.3 Å². The zero-order valence-corrected chi connectivity index (χ0v) is 13.7. The number of rotatable bonds is 3. The number of benzene rings is 2. The molecule has 122 valence electrons. The van der Waals surface area contributed by atoms with Gasteiger partial charge in [-0.3, -0.25) is 9.69 Å². The third kappa shape index (κ3) is 3.10. The Bertz CT molecular complexity index is 769. The number of hydrogen-bond acceptors (Lipinski definition) is 3. The maximum absolute atomic E-state index is 12.6. The van der Waals surface area contributed by atoms with E-state index in [1.807, 2.05) is 30.3 Å². The lowest BCUT2D eigenvalue weighted by atomic mass is 10.00. The molecule has 0 aliphatic carbocycles. The summed E-state index contributed by atoms with van der Waals surface area (Å²) in [6.07, 6.45) is 1.85. The van der Waals surface area contributed by atoms with Crippen molar-refractivity contribution in [3.63, 3.8) is 0 Å². The van der Waals surface area contributed by atoms with Crippen molar-refractivity contribution in [2.45, 2.75) is 19.4 Å². The first-order valence-corrected chi connectivity index (χ1v) is 8.52. The van der Waals surface area contributed by atoms with Crippen LogP contribution in [0, 0.1) is 0 Å². The number of amides is 1. The van der Waals surface area contributed by atoms with Gasteiger partial charge in [-0.15, -0.1) is 0 Å². The van der Waals surface area contributed by atoms with Crippen molar-refractivity contribution in [2.75, 3.05) is 19.6 Å². The summed E-state index contributed by atoms with van der Waals surface area (Å²) in [5.41, 5.74) is 4.87. The molecule has 2 aromatic rings. The Morgan fingerprint density at radius 3 is 2.50 bits per heavy atom. The number of fused-ring (bicyclic) bond motifs is 1. The van der Waals surface area contributed by atoms with Gasteiger partial charge in [0.25, 0.3) is 5.91 Å². The smallest absolute Gasteiger partial charge is 0.256 e. The standard InChI is InChI=1S/C20H21N3O/c24-20(15-22-12-10-16-6-4-5-9-18(16)14-22)23-13-11-19(21-23)17-7-2-1-3-8-17/h1-9H,10-15H2. The highest BCUT2D eigenvalue weighted by Gasteiger charge is 2.24. The lowest BCUT2D eigenvalue weighted by Crippen LogP contribution is -2.39. The molecule has 0 unspecified atom stereocenters. The SMILES string of the molecule is O=C(CN1CCc2ccccc2C1)N1CCC(c2ccccc2)=N1.